The molecule has 3 heteroatoms. The van der Waals surface area contributed by atoms with E-state index in [0.717, 1.165) is 23.0 Å². The van der Waals surface area contributed by atoms with E-state index in [1.807, 2.05) is 6.92 Å². The summed E-state index contributed by atoms with van der Waals surface area (Å²) >= 11 is 3.61. The molecule has 2 N–H and O–H groups in total. The molecule has 2 atom stereocenters. The fraction of sp³-hybridized carbons (Fsp3) is 0.571. The van der Waals surface area contributed by atoms with Crippen molar-refractivity contribution in [1.82, 2.24) is 0 Å². The molecular weight excluding hydrogens is 276 g/mol. The second-order valence-corrected chi connectivity index (χ2v) is 5.39. The van der Waals surface area contributed by atoms with Crippen LogP contribution in [0.4, 0.5) is 5.69 Å². The molecule has 0 bridgehead atoms. The van der Waals surface area contributed by atoms with Gasteiger partial charge in [0.1, 0.15) is 0 Å². The van der Waals surface area contributed by atoms with E-state index in [1.54, 1.807) is 0 Å². The number of nitrogens with zero attached hydrogens (tertiary/aromatic N) is 1. The summed E-state index contributed by atoms with van der Waals surface area (Å²) in [5.41, 5.74) is 8.34. The minimum absolute atomic E-state index is 0.0668. The van der Waals surface area contributed by atoms with Crippen LogP contribution in [0, 0.1) is 0 Å². The zero-order chi connectivity index (χ0) is 13.0. The van der Waals surface area contributed by atoms with Gasteiger partial charge in [0, 0.05) is 28.8 Å². The molecule has 1 rings (SSSR count). The Bertz CT molecular complexity index is 363. The lowest BCUT2D eigenvalue weighted by atomic mass is 10.1. The number of rotatable bonds is 5. The van der Waals surface area contributed by atoms with E-state index in [2.05, 4.69) is 59.8 Å². The van der Waals surface area contributed by atoms with E-state index in [-0.39, 0.29) is 6.04 Å². The Hall–Kier alpha value is -0.540. The Morgan fingerprint density at radius 1 is 1.29 bits per heavy atom. The number of benzene rings is 1. The molecule has 0 fully saturated rings. The van der Waals surface area contributed by atoms with Gasteiger partial charge in [0.25, 0.3) is 0 Å². The zero-order valence-corrected chi connectivity index (χ0v) is 12.8. The standard InChI is InChI=1S/C14H23BrN2/c1-5-10(3)17(6-2)12-7-8-13(11(4)16)14(15)9-12/h7-11H,5-6,16H2,1-4H3/t10?,11-/m1/s1. The van der Waals surface area contributed by atoms with Crippen LogP contribution in [0.15, 0.2) is 22.7 Å². The average Bonchev–Trinajstić information content (AvgIpc) is 2.29. The second kappa shape index (κ2) is 6.41. The predicted molar refractivity (Wildman–Crippen MR) is 79.5 cm³/mol. The highest BCUT2D eigenvalue weighted by Crippen LogP contribution is 2.28. The van der Waals surface area contributed by atoms with Gasteiger partial charge in [-0.3, -0.25) is 0 Å². The maximum Gasteiger partial charge on any atom is 0.0380 e. The molecule has 0 radical (unpaired) electrons. The molecule has 0 spiro atoms. The first-order chi connectivity index (χ1) is 8.01. The van der Waals surface area contributed by atoms with Gasteiger partial charge in [-0.2, -0.15) is 0 Å². The minimum atomic E-state index is 0.0668. The predicted octanol–water partition coefficient (Wildman–Crippen LogP) is 4.09. The van der Waals surface area contributed by atoms with Gasteiger partial charge in [0.15, 0.2) is 0 Å². The zero-order valence-electron chi connectivity index (χ0n) is 11.2. The molecule has 0 aliphatic heterocycles. The number of halogens is 1. The SMILES string of the molecule is CCC(C)N(CC)c1ccc([C@@H](C)N)c(Br)c1. The van der Waals surface area contributed by atoms with Crippen LogP contribution < -0.4 is 10.6 Å². The third kappa shape index (κ3) is 3.46. The Balaban J connectivity index is 3.03. The van der Waals surface area contributed by atoms with Crippen molar-refractivity contribution in [2.45, 2.75) is 46.2 Å². The molecule has 2 nitrogen and oxygen atoms in total. The highest BCUT2D eigenvalue weighted by molar-refractivity contribution is 9.10. The highest BCUT2D eigenvalue weighted by atomic mass is 79.9. The summed E-state index contributed by atoms with van der Waals surface area (Å²) in [5, 5.41) is 0. The molecule has 0 amide bonds. The summed E-state index contributed by atoms with van der Waals surface area (Å²) in [6.07, 6.45) is 1.15. The third-order valence-corrected chi connectivity index (χ3v) is 3.96. The fourth-order valence-corrected chi connectivity index (χ4v) is 2.76. The van der Waals surface area contributed by atoms with E-state index in [4.69, 9.17) is 5.73 Å². The average molecular weight is 299 g/mol. The maximum atomic E-state index is 5.92. The lowest BCUT2D eigenvalue weighted by Crippen LogP contribution is -2.32. The summed E-state index contributed by atoms with van der Waals surface area (Å²) in [7, 11) is 0. The molecule has 0 heterocycles. The quantitative estimate of drug-likeness (QED) is 0.887. The lowest BCUT2D eigenvalue weighted by Gasteiger charge is -2.30. The molecule has 0 aromatic heterocycles. The molecule has 17 heavy (non-hydrogen) atoms. The number of hydrogen-bond donors (Lipinski definition) is 1. The van der Waals surface area contributed by atoms with E-state index >= 15 is 0 Å². The Kier molecular flexibility index (Phi) is 5.47. The van der Waals surface area contributed by atoms with Gasteiger partial charge in [0.05, 0.1) is 0 Å². The monoisotopic (exact) mass is 298 g/mol. The van der Waals surface area contributed by atoms with Crippen molar-refractivity contribution >= 4 is 21.6 Å². The third-order valence-electron chi connectivity index (χ3n) is 3.27. The van der Waals surface area contributed by atoms with Gasteiger partial charge < -0.3 is 10.6 Å². The van der Waals surface area contributed by atoms with Crippen molar-refractivity contribution in [2.24, 2.45) is 5.73 Å². The van der Waals surface area contributed by atoms with E-state index < -0.39 is 0 Å². The van der Waals surface area contributed by atoms with Crippen LogP contribution in [0.2, 0.25) is 0 Å². The van der Waals surface area contributed by atoms with Crippen LogP contribution in [0.25, 0.3) is 0 Å². The first-order valence-corrected chi connectivity index (χ1v) is 7.12. The van der Waals surface area contributed by atoms with Crippen molar-refractivity contribution in [3.8, 4) is 0 Å². The smallest absolute Gasteiger partial charge is 0.0380 e. The summed E-state index contributed by atoms with van der Waals surface area (Å²) in [5.74, 6) is 0. The summed E-state index contributed by atoms with van der Waals surface area (Å²) in [6, 6.07) is 7.09. The van der Waals surface area contributed by atoms with Crippen LogP contribution in [-0.4, -0.2) is 12.6 Å². The van der Waals surface area contributed by atoms with Gasteiger partial charge >= 0.3 is 0 Å². The summed E-state index contributed by atoms with van der Waals surface area (Å²) < 4.78 is 1.10. The van der Waals surface area contributed by atoms with Crippen molar-refractivity contribution in [3.05, 3.63) is 28.2 Å². The largest absolute Gasteiger partial charge is 0.369 e. The molecule has 0 aliphatic carbocycles. The van der Waals surface area contributed by atoms with Crippen LogP contribution in [0.3, 0.4) is 0 Å². The molecule has 96 valence electrons. The molecule has 1 aromatic carbocycles. The Morgan fingerprint density at radius 3 is 2.35 bits per heavy atom. The molecule has 0 saturated heterocycles. The van der Waals surface area contributed by atoms with Gasteiger partial charge in [-0.25, -0.2) is 0 Å². The van der Waals surface area contributed by atoms with Gasteiger partial charge in [-0.1, -0.05) is 28.9 Å². The number of anilines is 1. The first-order valence-electron chi connectivity index (χ1n) is 6.32. The molecule has 0 aliphatic rings. The van der Waals surface area contributed by atoms with Crippen LogP contribution in [0.1, 0.15) is 45.7 Å². The lowest BCUT2D eigenvalue weighted by molar-refractivity contribution is 0.629. The van der Waals surface area contributed by atoms with Gasteiger partial charge in [-0.05, 0) is 44.9 Å². The van der Waals surface area contributed by atoms with Crippen LogP contribution >= 0.6 is 15.9 Å². The summed E-state index contributed by atoms with van der Waals surface area (Å²) in [4.78, 5) is 2.41. The summed E-state index contributed by atoms with van der Waals surface area (Å²) in [6.45, 7) is 9.71. The fourth-order valence-electron chi connectivity index (χ4n) is 2.03. The van der Waals surface area contributed by atoms with Crippen LogP contribution in [-0.2, 0) is 0 Å². The highest BCUT2D eigenvalue weighted by Gasteiger charge is 2.13. The van der Waals surface area contributed by atoms with E-state index in [1.165, 1.54) is 5.69 Å². The van der Waals surface area contributed by atoms with E-state index in [9.17, 15) is 0 Å². The van der Waals surface area contributed by atoms with Crippen molar-refractivity contribution in [2.75, 3.05) is 11.4 Å². The topological polar surface area (TPSA) is 29.3 Å². The number of hydrogen-bond acceptors (Lipinski definition) is 2. The molecule has 1 unspecified atom stereocenters. The van der Waals surface area contributed by atoms with Crippen LogP contribution in [0.5, 0.6) is 0 Å². The van der Waals surface area contributed by atoms with Crippen molar-refractivity contribution in [3.63, 3.8) is 0 Å². The van der Waals surface area contributed by atoms with Crippen molar-refractivity contribution < 1.29 is 0 Å². The molecule has 1 aromatic rings. The van der Waals surface area contributed by atoms with Gasteiger partial charge in [0.2, 0.25) is 0 Å². The molecule has 0 saturated carbocycles. The van der Waals surface area contributed by atoms with Crippen molar-refractivity contribution in [1.29, 1.82) is 0 Å². The Morgan fingerprint density at radius 2 is 1.94 bits per heavy atom. The maximum absolute atomic E-state index is 5.92. The minimum Gasteiger partial charge on any atom is -0.369 e. The second-order valence-electron chi connectivity index (χ2n) is 4.54. The van der Waals surface area contributed by atoms with E-state index in [0.29, 0.717) is 6.04 Å². The van der Waals surface area contributed by atoms with Gasteiger partial charge in [-0.15, -0.1) is 0 Å². The molecular formula is C14H23BrN2. The Labute approximate surface area is 113 Å². The number of nitrogens with two attached hydrogens (primary N) is 1. The normalized spacial score (nSPS) is 14.5. The first kappa shape index (κ1) is 14.5.